The van der Waals surface area contributed by atoms with Crippen molar-refractivity contribution in [2.45, 2.75) is 33.7 Å². The molecule has 14 heavy (non-hydrogen) atoms. The van der Waals surface area contributed by atoms with Gasteiger partial charge < -0.3 is 4.90 Å². The van der Waals surface area contributed by atoms with Crippen molar-refractivity contribution in [3.63, 3.8) is 0 Å². The molecule has 0 saturated heterocycles. The third kappa shape index (κ3) is 3.46. The Morgan fingerprint density at radius 3 is 2.21 bits per heavy atom. The summed E-state index contributed by atoms with van der Waals surface area (Å²) in [5.41, 5.74) is 2.41. The SMILES string of the molecule is CN(C)Cc1n[nH]nc1CC(C)(C)C. The Bertz CT molecular complexity index is 283. The zero-order valence-corrected chi connectivity index (χ0v) is 9.76. The van der Waals surface area contributed by atoms with Gasteiger partial charge in [-0.1, -0.05) is 20.8 Å². The van der Waals surface area contributed by atoms with E-state index >= 15 is 0 Å². The maximum absolute atomic E-state index is 4.19. The molecule has 0 amide bonds. The lowest BCUT2D eigenvalue weighted by atomic mass is 9.90. The third-order valence-corrected chi connectivity index (χ3v) is 1.87. The first-order chi connectivity index (χ1) is 6.38. The molecule has 0 bridgehead atoms. The second kappa shape index (κ2) is 4.09. The van der Waals surface area contributed by atoms with Crippen LogP contribution in [0.25, 0.3) is 0 Å². The van der Waals surface area contributed by atoms with Gasteiger partial charge in [0.25, 0.3) is 0 Å². The number of nitrogens with zero attached hydrogens (tertiary/aromatic N) is 3. The van der Waals surface area contributed by atoms with Gasteiger partial charge in [0.1, 0.15) is 0 Å². The van der Waals surface area contributed by atoms with Crippen LogP contribution in [0.3, 0.4) is 0 Å². The van der Waals surface area contributed by atoms with Gasteiger partial charge >= 0.3 is 0 Å². The highest BCUT2D eigenvalue weighted by molar-refractivity contribution is 5.09. The van der Waals surface area contributed by atoms with Crippen molar-refractivity contribution >= 4 is 0 Å². The second-order valence-electron chi connectivity index (χ2n) is 5.19. The summed E-state index contributed by atoms with van der Waals surface area (Å²) in [4.78, 5) is 2.10. The molecule has 1 heterocycles. The first-order valence-corrected chi connectivity index (χ1v) is 4.92. The van der Waals surface area contributed by atoms with Crippen LogP contribution in [0.2, 0.25) is 0 Å². The Hall–Kier alpha value is -0.900. The summed E-state index contributed by atoms with van der Waals surface area (Å²) >= 11 is 0. The lowest BCUT2D eigenvalue weighted by molar-refractivity contribution is 0.380. The smallest absolute Gasteiger partial charge is 0.0996 e. The highest BCUT2D eigenvalue weighted by atomic mass is 15.3. The normalized spacial score (nSPS) is 12.4. The van der Waals surface area contributed by atoms with Crippen LogP contribution in [0.5, 0.6) is 0 Å². The lowest BCUT2D eigenvalue weighted by Crippen LogP contribution is -2.15. The topological polar surface area (TPSA) is 44.8 Å². The molecule has 1 aromatic heterocycles. The van der Waals surface area contributed by atoms with Gasteiger partial charge in [-0.2, -0.15) is 15.4 Å². The summed E-state index contributed by atoms with van der Waals surface area (Å²) < 4.78 is 0. The van der Waals surface area contributed by atoms with Crippen molar-refractivity contribution in [1.82, 2.24) is 20.3 Å². The van der Waals surface area contributed by atoms with Crippen molar-refractivity contribution < 1.29 is 0 Å². The Balaban J connectivity index is 2.72. The summed E-state index contributed by atoms with van der Waals surface area (Å²) in [7, 11) is 4.07. The molecule has 0 spiro atoms. The monoisotopic (exact) mass is 196 g/mol. The molecule has 1 aromatic rings. The van der Waals surface area contributed by atoms with Crippen molar-refractivity contribution in [3.8, 4) is 0 Å². The molecule has 0 aliphatic rings. The van der Waals surface area contributed by atoms with E-state index in [1.165, 1.54) is 0 Å². The summed E-state index contributed by atoms with van der Waals surface area (Å²) in [5.74, 6) is 0. The van der Waals surface area contributed by atoms with E-state index in [1.54, 1.807) is 0 Å². The number of H-pyrrole nitrogens is 1. The van der Waals surface area contributed by atoms with Crippen LogP contribution in [0.4, 0.5) is 0 Å². The van der Waals surface area contributed by atoms with Gasteiger partial charge in [0, 0.05) is 6.54 Å². The molecule has 1 N–H and O–H groups in total. The Morgan fingerprint density at radius 2 is 1.71 bits per heavy atom. The molecule has 0 aromatic carbocycles. The van der Waals surface area contributed by atoms with E-state index in [9.17, 15) is 0 Å². The molecule has 0 aliphatic carbocycles. The Kier molecular flexibility index (Phi) is 3.26. The molecule has 0 atom stereocenters. The fourth-order valence-corrected chi connectivity index (χ4v) is 1.34. The molecular formula is C10H20N4. The van der Waals surface area contributed by atoms with Crippen LogP contribution in [-0.2, 0) is 13.0 Å². The average Bonchev–Trinajstić information content (AvgIpc) is 2.32. The molecule has 0 saturated carbocycles. The van der Waals surface area contributed by atoms with Crippen molar-refractivity contribution in [1.29, 1.82) is 0 Å². The predicted molar refractivity (Wildman–Crippen MR) is 56.9 cm³/mol. The average molecular weight is 196 g/mol. The summed E-state index contributed by atoms with van der Waals surface area (Å²) in [6.07, 6.45) is 0.965. The minimum Gasteiger partial charge on any atom is -0.303 e. The van der Waals surface area contributed by atoms with Gasteiger partial charge in [-0.3, -0.25) is 0 Å². The van der Waals surface area contributed by atoms with Crippen LogP contribution in [-0.4, -0.2) is 34.4 Å². The summed E-state index contributed by atoms with van der Waals surface area (Å²) in [6.45, 7) is 7.48. The van der Waals surface area contributed by atoms with Gasteiger partial charge in [-0.15, -0.1) is 0 Å². The largest absolute Gasteiger partial charge is 0.303 e. The van der Waals surface area contributed by atoms with E-state index in [4.69, 9.17) is 0 Å². The number of hydrogen-bond acceptors (Lipinski definition) is 3. The van der Waals surface area contributed by atoms with Gasteiger partial charge in [0.15, 0.2) is 0 Å². The van der Waals surface area contributed by atoms with E-state index < -0.39 is 0 Å². The molecule has 4 heteroatoms. The fraction of sp³-hybridized carbons (Fsp3) is 0.800. The molecule has 80 valence electrons. The summed E-state index contributed by atoms with van der Waals surface area (Å²) in [5, 5.41) is 11.1. The Labute approximate surface area is 85.7 Å². The highest BCUT2D eigenvalue weighted by Gasteiger charge is 2.17. The van der Waals surface area contributed by atoms with Crippen molar-refractivity contribution in [3.05, 3.63) is 11.4 Å². The molecule has 0 aliphatic heterocycles. The van der Waals surface area contributed by atoms with Crippen molar-refractivity contribution in [2.24, 2.45) is 5.41 Å². The Morgan fingerprint density at radius 1 is 1.14 bits per heavy atom. The van der Waals surface area contributed by atoms with Crippen LogP contribution < -0.4 is 0 Å². The van der Waals surface area contributed by atoms with E-state index in [2.05, 4.69) is 41.1 Å². The quantitative estimate of drug-likeness (QED) is 0.796. The van der Waals surface area contributed by atoms with Gasteiger partial charge in [-0.25, -0.2) is 0 Å². The van der Waals surface area contributed by atoms with Crippen LogP contribution >= 0.6 is 0 Å². The third-order valence-electron chi connectivity index (χ3n) is 1.87. The van der Waals surface area contributed by atoms with E-state index in [0.29, 0.717) is 0 Å². The summed E-state index contributed by atoms with van der Waals surface area (Å²) in [6, 6.07) is 0. The minimum absolute atomic E-state index is 0.262. The molecular weight excluding hydrogens is 176 g/mol. The minimum atomic E-state index is 0.262. The number of nitrogens with one attached hydrogen (secondary N) is 1. The first kappa shape index (κ1) is 11.2. The molecule has 0 radical (unpaired) electrons. The van der Waals surface area contributed by atoms with E-state index in [-0.39, 0.29) is 5.41 Å². The predicted octanol–water partition coefficient (Wildman–Crippen LogP) is 1.45. The number of rotatable bonds is 3. The van der Waals surface area contributed by atoms with E-state index in [0.717, 1.165) is 24.4 Å². The first-order valence-electron chi connectivity index (χ1n) is 4.92. The van der Waals surface area contributed by atoms with Gasteiger partial charge in [0.2, 0.25) is 0 Å². The van der Waals surface area contributed by atoms with Crippen LogP contribution in [0, 0.1) is 5.41 Å². The fourth-order valence-electron chi connectivity index (χ4n) is 1.34. The zero-order chi connectivity index (χ0) is 10.8. The molecule has 0 fully saturated rings. The van der Waals surface area contributed by atoms with Gasteiger partial charge in [0.05, 0.1) is 11.4 Å². The maximum Gasteiger partial charge on any atom is 0.0996 e. The molecule has 0 unspecified atom stereocenters. The highest BCUT2D eigenvalue weighted by Crippen LogP contribution is 2.20. The maximum atomic E-state index is 4.19. The second-order valence-corrected chi connectivity index (χ2v) is 5.19. The van der Waals surface area contributed by atoms with Crippen molar-refractivity contribution in [2.75, 3.05) is 14.1 Å². The number of aromatic nitrogens is 3. The van der Waals surface area contributed by atoms with Crippen LogP contribution in [0.15, 0.2) is 0 Å². The number of aromatic amines is 1. The van der Waals surface area contributed by atoms with Gasteiger partial charge in [-0.05, 0) is 25.9 Å². The molecule has 1 rings (SSSR count). The number of hydrogen-bond donors (Lipinski definition) is 1. The lowest BCUT2D eigenvalue weighted by Gasteiger charge is -2.17. The standard InChI is InChI=1S/C10H20N4/c1-10(2,3)6-8-9(7-14(4)5)12-13-11-8/h6-7H2,1-5H3,(H,11,12,13). The van der Waals surface area contributed by atoms with Crippen LogP contribution in [0.1, 0.15) is 32.2 Å². The zero-order valence-electron chi connectivity index (χ0n) is 9.76. The molecule has 4 nitrogen and oxygen atoms in total. The van der Waals surface area contributed by atoms with E-state index in [1.807, 2.05) is 14.1 Å².